The summed E-state index contributed by atoms with van der Waals surface area (Å²) in [5.41, 5.74) is 1.25. The fraction of sp³-hybridized carbons (Fsp3) is 0.750. The van der Waals surface area contributed by atoms with E-state index in [1.54, 1.807) is 0 Å². The Hall–Kier alpha value is -0.460. The summed E-state index contributed by atoms with van der Waals surface area (Å²) >= 11 is 0. The van der Waals surface area contributed by atoms with Crippen molar-refractivity contribution in [3.05, 3.63) is 12.3 Å². The molecule has 1 heteroatoms. The monoisotopic (exact) mass is 123 g/mol. The van der Waals surface area contributed by atoms with Crippen molar-refractivity contribution >= 4 is 0 Å². The minimum absolute atomic E-state index is 1.04. The van der Waals surface area contributed by atoms with Gasteiger partial charge in [-0.1, -0.05) is 6.58 Å². The highest BCUT2D eigenvalue weighted by Crippen LogP contribution is 2.45. The average molecular weight is 123 g/mol. The highest BCUT2D eigenvalue weighted by atomic mass is 15.2. The molecule has 0 aromatic heterocycles. The van der Waals surface area contributed by atoms with Crippen LogP contribution >= 0.6 is 0 Å². The van der Waals surface area contributed by atoms with Crippen LogP contribution in [0.15, 0.2) is 12.3 Å². The molecule has 0 N–H and O–H groups in total. The van der Waals surface area contributed by atoms with Gasteiger partial charge < -0.3 is 4.90 Å². The molecule has 0 aromatic carbocycles. The van der Waals surface area contributed by atoms with Crippen LogP contribution in [0.5, 0.6) is 0 Å². The summed E-state index contributed by atoms with van der Waals surface area (Å²) < 4.78 is 0. The van der Waals surface area contributed by atoms with Crippen LogP contribution in [0.3, 0.4) is 0 Å². The third-order valence-corrected chi connectivity index (χ3v) is 2.52. The SMILES string of the molecule is C=C(C)N1CC2CC2C1. The number of piperidine rings is 1. The first-order valence-corrected chi connectivity index (χ1v) is 3.68. The number of hydrogen-bond acceptors (Lipinski definition) is 1. The molecule has 2 unspecified atom stereocenters. The lowest BCUT2D eigenvalue weighted by Gasteiger charge is -2.18. The van der Waals surface area contributed by atoms with E-state index in [1.807, 2.05) is 0 Å². The summed E-state index contributed by atoms with van der Waals surface area (Å²) in [5.74, 6) is 2.09. The number of allylic oxidation sites excluding steroid dienone is 1. The summed E-state index contributed by atoms with van der Waals surface area (Å²) in [6.45, 7) is 8.60. The molecule has 2 fully saturated rings. The average Bonchev–Trinajstić information content (AvgIpc) is 2.40. The van der Waals surface area contributed by atoms with Crippen molar-refractivity contribution in [3.8, 4) is 0 Å². The molecule has 0 amide bonds. The van der Waals surface area contributed by atoms with Gasteiger partial charge in [-0.25, -0.2) is 0 Å². The van der Waals surface area contributed by atoms with Gasteiger partial charge in [-0.2, -0.15) is 0 Å². The molecular formula is C8H13N. The van der Waals surface area contributed by atoms with Crippen molar-refractivity contribution in [2.45, 2.75) is 13.3 Å². The summed E-state index contributed by atoms with van der Waals surface area (Å²) in [7, 11) is 0. The Kier molecular flexibility index (Phi) is 0.904. The second-order valence-electron chi connectivity index (χ2n) is 3.40. The number of nitrogens with zero attached hydrogens (tertiary/aromatic N) is 1. The van der Waals surface area contributed by atoms with Crippen molar-refractivity contribution in [1.82, 2.24) is 4.90 Å². The van der Waals surface area contributed by atoms with E-state index in [0.29, 0.717) is 0 Å². The van der Waals surface area contributed by atoms with Gasteiger partial charge in [-0.15, -0.1) is 0 Å². The molecule has 2 rings (SSSR count). The second-order valence-corrected chi connectivity index (χ2v) is 3.40. The molecule has 2 atom stereocenters. The number of rotatable bonds is 1. The predicted molar refractivity (Wildman–Crippen MR) is 38.0 cm³/mol. The zero-order valence-electron chi connectivity index (χ0n) is 5.93. The smallest absolute Gasteiger partial charge is 0.0206 e. The molecule has 2 aliphatic rings. The minimum Gasteiger partial charge on any atom is -0.375 e. The topological polar surface area (TPSA) is 3.24 Å². The largest absolute Gasteiger partial charge is 0.375 e. The van der Waals surface area contributed by atoms with E-state index in [-0.39, 0.29) is 0 Å². The first kappa shape index (κ1) is 5.33. The molecule has 1 saturated heterocycles. The van der Waals surface area contributed by atoms with E-state index >= 15 is 0 Å². The Morgan fingerprint density at radius 2 is 2.00 bits per heavy atom. The number of hydrogen-bond donors (Lipinski definition) is 0. The normalized spacial score (nSPS) is 38.6. The Bertz CT molecular complexity index is 141. The molecule has 0 bridgehead atoms. The third kappa shape index (κ3) is 0.752. The maximum absolute atomic E-state index is 3.92. The quantitative estimate of drug-likeness (QED) is 0.510. The van der Waals surface area contributed by atoms with Crippen molar-refractivity contribution < 1.29 is 0 Å². The minimum atomic E-state index is 1.04. The Morgan fingerprint density at radius 1 is 1.44 bits per heavy atom. The number of fused-ring (bicyclic) bond motifs is 1. The van der Waals surface area contributed by atoms with Gasteiger partial charge in [0, 0.05) is 18.8 Å². The van der Waals surface area contributed by atoms with Crippen LogP contribution in [0.25, 0.3) is 0 Å². The van der Waals surface area contributed by atoms with Crippen LogP contribution in [0, 0.1) is 11.8 Å². The van der Waals surface area contributed by atoms with E-state index in [4.69, 9.17) is 0 Å². The van der Waals surface area contributed by atoms with Gasteiger partial charge in [0.15, 0.2) is 0 Å². The molecule has 0 spiro atoms. The van der Waals surface area contributed by atoms with Crippen LogP contribution < -0.4 is 0 Å². The molecule has 0 radical (unpaired) electrons. The van der Waals surface area contributed by atoms with Crippen molar-refractivity contribution in [3.63, 3.8) is 0 Å². The standard InChI is InChI=1S/C8H13N/c1-6(2)9-4-7-3-8(7)5-9/h7-8H,1,3-5H2,2H3. The van der Waals surface area contributed by atoms with Crippen LogP contribution in [0.2, 0.25) is 0 Å². The van der Waals surface area contributed by atoms with Crippen LogP contribution in [0.4, 0.5) is 0 Å². The molecular weight excluding hydrogens is 110 g/mol. The highest BCUT2D eigenvalue weighted by Gasteiger charge is 2.44. The van der Waals surface area contributed by atoms with Crippen molar-refractivity contribution in [2.75, 3.05) is 13.1 Å². The van der Waals surface area contributed by atoms with Gasteiger partial charge in [0.25, 0.3) is 0 Å². The van der Waals surface area contributed by atoms with Crippen LogP contribution in [-0.4, -0.2) is 18.0 Å². The molecule has 1 saturated carbocycles. The summed E-state index contributed by atoms with van der Waals surface area (Å²) in [6.07, 6.45) is 1.49. The van der Waals surface area contributed by atoms with Gasteiger partial charge in [0.2, 0.25) is 0 Å². The molecule has 50 valence electrons. The van der Waals surface area contributed by atoms with Gasteiger partial charge in [-0.05, 0) is 25.2 Å². The summed E-state index contributed by atoms with van der Waals surface area (Å²) in [5, 5.41) is 0. The first-order chi connectivity index (χ1) is 4.27. The van der Waals surface area contributed by atoms with Gasteiger partial charge >= 0.3 is 0 Å². The Morgan fingerprint density at radius 3 is 2.33 bits per heavy atom. The molecule has 1 nitrogen and oxygen atoms in total. The molecule has 1 aliphatic carbocycles. The highest BCUT2D eigenvalue weighted by molar-refractivity contribution is 5.04. The maximum atomic E-state index is 3.92. The molecule has 1 heterocycles. The zero-order chi connectivity index (χ0) is 6.43. The Balaban J connectivity index is 1.97. The summed E-state index contributed by atoms with van der Waals surface area (Å²) in [4.78, 5) is 2.40. The van der Waals surface area contributed by atoms with E-state index in [2.05, 4.69) is 18.4 Å². The lowest BCUT2D eigenvalue weighted by atomic mass is 10.4. The van der Waals surface area contributed by atoms with Gasteiger partial charge in [0.1, 0.15) is 0 Å². The molecule has 9 heavy (non-hydrogen) atoms. The predicted octanol–water partition coefficient (Wildman–Crippen LogP) is 1.47. The van der Waals surface area contributed by atoms with Crippen molar-refractivity contribution in [2.24, 2.45) is 11.8 Å². The lowest BCUT2D eigenvalue weighted by Crippen LogP contribution is -2.19. The van der Waals surface area contributed by atoms with Gasteiger partial charge in [-0.3, -0.25) is 0 Å². The Labute approximate surface area is 56.4 Å². The summed E-state index contributed by atoms with van der Waals surface area (Å²) in [6, 6.07) is 0. The fourth-order valence-electron chi connectivity index (χ4n) is 1.71. The lowest BCUT2D eigenvalue weighted by molar-refractivity contribution is 0.384. The molecule has 0 aromatic rings. The van der Waals surface area contributed by atoms with E-state index in [0.717, 1.165) is 11.8 Å². The third-order valence-electron chi connectivity index (χ3n) is 2.52. The fourth-order valence-corrected chi connectivity index (χ4v) is 1.71. The van der Waals surface area contributed by atoms with Crippen LogP contribution in [0.1, 0.15) is 13.3 Å². The molecule has 1 aliphatic heterocycles. The van der Waals surface area contributed by atoms with Crippen molar-refractivity contribution in [1.29, 1.82) is 0 Å². The van der Waals surface area contributed by atoms with Crippen LogP contribution in [-0.2, 0) is 0 Å². The number of likely N-dealkylation sites (tertiary alicyclic amines) is 1. The second kappa shape index (κ2) is 1.53. The first-order valence-electron chi connectivity index (χ1n) is 3.68. The maximum Gasteiger partial charge on any atom is 0.0206 e. The van der Waals surface area contributed by atoms with E-state index in [9.17, 15) is 0 Å². The van der Waals surface area contributed by atoms with E-state index in [1.165, 1.54) is 25.2 Å². The van der Waals surface area contributed by atoms with Gasteiger partial charge in [0.05, 0.1) is 0 Å². The van der Waals surface area contributed by atoms with E-state index < -0.39 is 0 Å². The zero-order valence-corrected chi connectivity index (χ0v) is 5.93.